The number of nitrogens with zero attached hydrogens (tertiary/aromatic N) is 3. The van der Waals surface area contributed by atoms with Gasteiger partial charge in [-0.25, -0.2) is 14.4 Å². The van der Waals surface area contributed by atoms with E-state index in [9.17, 15) is 39.7 Å². The number of aliphatic hydroxyl groups is 2. The van der Waals surface area contributed by atoms with Gasteiger partial charge < -0.3 is 40.9 Å². The summed E-state index contributed by atoms with van der Waals surface area (Å²) in [7, 11) is -5.47. The summed E-state index contributed by atoms with van der Waals surface area (Å²) in [5.41, 5.74) is -0.0766. The summed E-state index contributed by atoms with van der Waals surface area (Å²) >= 11 is 0. The molecule has 580 valence electrons. The topological polar surface area (TPSA) is 258 Å². The fourth-order valence-corrected chi connectivity index (χ4v) is 26.9. The van der Waals surface area contributed by atoms with Crippen LogP contribution in [-0.2, 0) is 23.9 Å². The predicted molar refractivity (Wildman–Crippen MR) is 437 cm³/mol. The number of non-ortho nitro benzene ring substituents is 2. The largest absolute Gasteiger partial charge is 1.00 e. The van der Waals surface area contributed by atoms with E-state index in [4.69, 9.17) is 29.4 Å². The molecule has 8 aromatic rings. The van der Waals surface area contributed by atoms with Crippen LogP contribution in [0.4, 0.5) is 16.2 Å². The molecule has 1 aliphatic heterocycles. The summed E-state index contributed by atoms with van der Waals surface area (Å²) in [5.74, 6) is 0.648. The van der Waals surface area contributed by atoms with E-state index in [0.29, 0.717) is 36.9 Å². The first-order valence-electron chi connectivity index (χ1n) is 37.6. The smallest absolute Gasteiger partial charge is 1.00 e. The summed E-state index contributed by atoms with van der Waals surface area (Å²) in [6.45, 7) is 13.1. The number of esters is 2. The zero-order valence-electron chi connectivity index (χ0n) is 66.2. The molecule has 2 aliphatic carbocycles. The average molecular weight is 1600 g/mol. The van der Waals surface area contributed by atoms with Gasteiger partial charge in [0.05, 0.1) is 27.1 Å². The summed E-state index contributed by atoms with van der Waals surface area (Å²) in [6, 6.07) is 77.2. The Labute approximate surface area is 741 Å². The minimum atomic E-state index is -2.38. The van der Waals surface area contributed by atoms with Crippen molar-refractivity contribution >= 4 is 91.2 Å². The van der Waals surface area contributed by atoms with Crippen LogP contribution in [-0.4, -0.2) is 117 Å². The number of nitro groups is 2. The van der Waals surface area contributed by atoms with Crippen LogP contribution in [0.5, 0.6) is 0 Å². The second-order valence-electron chi connectivity index (χ2n) is 29.8. The molecule has 2 saturated carbocycles. The molecule has 110 heavy (non-hydrogen) atoms. The Morgan fingerprint density at radius 3 is 1.07 bits per heavy atom. The van der Waals surface area contributed by atoms with Gasteiger partial charge in [-0.1, -0.05) is 292 Å². The number of benzene rings is 8. The molecule has 3 unspecified atom stereocenters. The fraction of sp³-hybridized carbons (Fsp3) is 0.402. The van der Waals surface area contributed by atoms with Crippen molar-refractivity contribution in [1.29, 1.82) is 0 Å². The van der Waals surface area contributed by atoms with E-state index in [1.807, 2.05) is 74.2 Å². The molecule has 2 N–H and O–H groups in total. The third kappa shape index (κ3) is 30.1. The summed E-state index contributed by atoms with van der Waals surface area (Å²) < 4.78 is 18.0. The van der Waals surface area contributed by atoms with E-state index in [-0.39, 0.29) is 159 Å². The second-order valence-corrected chi connectivity index (χ2v) is 42.5. The van der Waals surface area contributed by atoms with Crippen LogP contribution in [0.3, 0.4) is 0 Å². The van der Waals surface area contributed by atoms with E-state index in [0.717, 1.165) is 57.2 Å². The minimum absolute atomic E-state index is 0. The number of likely N-dealkylation sites (tertiary alicyclic amines) is 1. The Hall–Kier alpha value is -5.96. The van der Waals surface area contributed by atoms with E-state index >= 15 is 0 Å². The molecule has 18 nitrogen and oxygen atoms in total. The molecule has 11 rings (SSSR count). The monoisotopic (exact) mass is 1600 g/mol. The molecule has 0 spiro atoms. The molecule has 1 heterocycles. The van der Waals surface area contributed by atoms with Crippen molar-refractivity contribution in [3.63, 3.8) is 0 Å². The normalized spacial score (nSPS) is 14.9. The van der Waals surface area contributed by atoms with Gasteiger partial charge in [0.25, 0.3) is 17.8 Å². The molecule has 1 saturated heterocycles. The van der Waals surface area contributed by atoms with Gasteiger partial charge in [-0.3, -0.25) is 25.0 Å². The summed E-state index contributed by atoms with van der Waals surface area (Å²) in [6.07, 6.45) is 16.6. The molecule has 23 heteroatoms. The third-order valence-electron chi connectivity index (χ3n) is 21.2. The summed E-state index contributed by atoms with van der Waals surface area (Å²) in [5, 5.41) is 56.3. The van der Waals surface area contributed by atoms with Crippen molar-refractivity contribution < 1.29 is 168 Å². The van der Waals surface area contributed by atoms with Gasteiger partial charge in [0.1, 0.15) is 42.0 Å². The number of ether oxygens (including phenoxy) is 3. The number of carbonyl (C=O) groups excluding carboxylic acids is 4. The van der Waals surface area contributed by atoms with Crippen molar-refractivity contribution in [1.82, 2.24) is 4.90 Å². The van der Waals surface area contributed by atoms with Crippen molar-refractivity contribution in [3.05, 3.63) is 262 Å². The maximum absolute atomic E-state index is 13.4. The molecule has 1 amide bonds. The quantitative estimate of drug-likeness (QED) is 0.00881. The van der Waals surface area contributed by atoms with Gasteiger partial charge in [-0.15, -0.1) is 0 Å². The maximum atomic E-state index is 13.4. The average Bonchev–Trinajstić information content (AvgIpc) is 1.80. The van der Waals surface area contributed by atoms with Crippen LogP contribution < -0.4 is 139 Å². The van der Waals surface area contributed by atoms with Crippen LogP contribution >= 0.6 is 0 Å². The van der Waals surface area contributed by atoms with Gasteiger partial charge in [0.2, 0.25) is 0 Å². The van der Waals surface area contributed by atoms with E-state index in [1.165, 1.54) is 137 Å². The van der Waals surface area contributed by atoms with Gasteiger partial charge in [0, 0.05) is 44.0 Å². The zero-order valence-corrected chi connectivity index (χ0v) is 74.4. The second kappa shape index (κ2) is 49.6. The van der Waals surface area contributed by atoms with Crippen molar-refractivity contribution in [2.45, 2.75) is 199 Å². The van der Waals surface area contributed by atoms with Crippen molar-refractivity contribution in [2.24, 2.45) is 11.8 Å². The van der Waals surface area contributed by atoms with Gasteiger partial charge in [-0.2, -0.15) is 0 Å². The van der Waals surface area contributed by atoms with Crippen LogP contribution in [0.15, 0.2) is 231 Å². The first kappa shape index (κ1) is 96.4. The van der Waals surface area contributed by atoms with Gasteiger partial charge in [0.15, 0.2) is 0 Å². The van der Waals surface area contributed by atoms with Gasteiger partial charge >= 0.3 is 121 Å². The van der Waals surface area contributed by atoms with Crippen LogP contribution in [0.1, 0.15) is 153 Å². The zero-order chi connectivity index (χ0) is 77.2. The maximum Gasteiger partial charge on any atom is 1.00 e. The van der Waals surface area contributed by atoms with Gasteiger partial charge in [-0.05, 0) is 126 Å². The Morgan fingerprint density at radius 1 is 0.491 bits per heavy atom. The number of rotatable bonds is 28. The molecule has 4 atom stereocenters. The minimum Gasteiger partial charge on any atom is -1.00 e. The Bertz CT molecular complexity index is 3850. The molecule has 3 fully saturated rings. The number of hydrogen-bond acceptors (Lipinski definition) is 15. The number of nitro benzene ring substituents is 2. The molecule has 0 bridgehead atoms. The Balaban J connectivity index is 0.000000420. The number of aliphatic hydroxyl groups excluding tert-OH is 2. The van der Waals surface area contributed by atoms with Crippen LogP contribution in [0.2, 0.25) is 37.8 Å². The number of carbonyl (C=O) groups is 4. The Kier molecular flexibility index (Phi) is 43.5. The first-order valence-corrected chi connectivity index (χ1v) is 45.7. The number of hydrogen-bond donors (Lipinski definition) is 2. The molecule has 3 aliphatic rings. The van der Waals surface area contributed by atoms with Crippen molar-refractivity contribution in [3.8, 4) is 0 Å². The third-order valence-corrected chi connectivity index (χ3v) is 34.7. The fourth-order valence-electron chi connectivity index (χ4n) is 15.3. The van der Waals surface area contributed by atoms with Crippen LogP contribution in [0.25, 0.3) is 0 Å². The molecule has 0 radical (unpaired) electrons. The summed E-state index contributed by atoms with van der Waals surface area (Å²) in [4.78, 5) is 73.6. The number of amides is 1. The van der Waals surface area contributed by atoms with E-state index in [2.05, 4.69) is 158 Å². The SMILES string of the molecule is C.CC(C)(C)OC(=O)N1CCC[C@H]1CCC(C[Si](C)(c1ccccc1)c1ccccc1)OC(=O)c1ccc([N+](=O)[O-])cc1.CO.C[Si](CC(CCC1CCCC1)OC(=O)c1ccc([N+](=O)[O-])cc1)(c1ccccc1)c1ccccc1.C[Si](CC(O)CCC1CCCC1)(c1ccccc1)c1ccccc1.O=CO[O-].[H-].[K+].[K+]. The molecular formula is C87H113K2N3O15Si3. The Morgan fingerprint density at radius 2 is 0.782 bits per heavy atom. The van der Waals surface area contributed by atoms with Crippen LogP contribution in [0, 0.1) is 32.1 Å². The predicted octanol–water partition coefficient (Wildman–Crippen LogP) is 9.19. The molecule has 8 aromatic carbocycles. The van der Waals surface area contributed by atoms with E-state index < -0.39 is 57.7 Å². The molecular weight excluding hydrogens is 1490 g/mol. The standard InChI is InChI=1S/C33H40N2O6Si.C29H33NO4Si.C22H30OSi.CH2O3.CH4O.CH4.2K.H/c1-33(2,3)41-32(37)34-23-11-12-26(34)21-22-28(40-31(36)25-17-19-27(20-18-25)35(38)39)24-42(4,29-13-7-5-8-14-29)30-15-9-6-10-16-30;1-35(27-12-4-2-5-13-27,28-14-6-3-7-15-28)22-26(21-16-23-10-8-9-11-23)34-29(31)24-17-19-25(20-18-24)30(32)33;1-24(21-12-4-2-5-13-21,22-14-6-3-7-15-22)18-20(23)17-16-19-10-8-9-11-19;2-1-4-3;1-2;;;;/h5-10,13-20,26,28H,11-12,21-24H2,1-4H3;2-7,12-15,17-20,23,26H,8-11,16,21-22H2,1H3;2-7,12-15,19-20,23H,8-11,16-18H2,1H3;1,3H;2H,1H3;1H4;;;/q;;;;;;2*+1;-1/p-1/t26-,28?;;;;;;;;/m0......../s1. The molecule has 0 aromatic heterocycles. The van der Waals surface area contributed by atoms with Crippen molar-refractivity contribution in [2.75, 3.05) is 13.7 Å². The first-order chi connectivity index (χ1) is 51.5. The van der Waals surface area contributed by atoms with E-state index in [1.54, 1.807) is 0 Å².